The second-order valence-corrected chi connectivity index (χ2v) is 8.65. The Hall–Kier alpha value is -2.68. The maximum atomic E-state index is 12.8. The van der Waals surface area contributed by atoms with Gasteiger partial charge in [-0.25, -0.2) is 4.98 Å². The Morgan fingerprint density at radius 2 is 2.14 bits per heavy atom. The van der Waals surface area contributed by atoms with Crippen LogP contribution in [0, 0.1) is 5.92 Å². The minimum Gasteiger partial charge on any atom is -0.342 e. The van der Waals surface area contributed by atoms with Gasteiger partial charge in [-0.2, -0.15) is 8.42 Å². The minimum absolute atomic E-state index is 0.0112. The number of carbonyl (C=O) groups excluding carboxylic acids is 1. The first-order valence-corrected chi connectivity index (χ1v) is 10.9. The quantitative estimate of drug-likeness (QED) is 0.844. The van der Waals surface area contributed by atoms with Crippen LogP contribution in [0.5, 0.6) is 0 Å². The summed E-state index contributed by atoms with van der Waals surface area (Å²) >= 11 is 0. The first kappa shape index (κ1) is 18.7. The molecule has 1 aromatic carbocycles. The molecule has 1 fully saturated rings. The molecule has 2 aromatic rings. The van der Waals surface area contributed by atoms with Crippen LogP contribution < -0.4 is 5.32 Å². The number of aromatic nitrogens is 2. The van der Waals surface area contributed by atoms with Crippen LogP contribution in [-0.4, -0.2) is 47.7 Å². The third kappa shape index (κ3) is 3.54. The fourth-order valence-electron chi connectivity index (χ4n) is 3.78. The SMILES string of the molecule is CCc1nccn1CC(=O)N1CCC[C@H](C2=NS(=O)(=O)c3ccccc3N2)C1. The second-order valence-electron chi connectivity index (χ2n) is 7.08. The van der Waals surface area contributed by atoms with Crippen molar-refractivity contribution < 1.29 is 13.2 Å². The number of amides is 1. The van der Waals surface area contributed by atoms with Crippen LogP contribution in [0.15, 0.2) is 46.0 Å². The van der Waals surface area contributed by atoms with Crippen molar-refractivity contribution in [2.45, 2.75) is 37.6 Å². The number of sulfonamides is 1. The lowest BCUT2D eigenvalue weighted by Crippen LogP contribution is -2.45. The van der Waals surface area contributed by atoms with Crippen molar-refractivity contribution in [1.29, 1.82) is 0 Å². The van der Waals surface area contributed by atoms with Gasteiger partial charge in [0.15, 0.2) is 0 Å². The molecule has 8 nitrogen and oxygen atoms in total. The van der Waals surface area contributed by atoms with Gasteiger partial charge in [-0.05, 0) is 25.0 Å². The largest absolute Gasteiger partial charge is 0.342 e. The summed E-state index contributed by atoms with van der Waals surface area (Å²) in [5.74, 6) is 1.18. The lowest BCUT2D eigenvalue weighted by atomic mass is 9.96. The van der Waals surface area contributed by atoms with E-state index in [1.165, 1.54) is 0 Å². The summed E-state index contributed by atoms with van der Waals surface area (Å²) in [4.78, 5) is 19.0. The maximum Gasteiger partial charge on any atom is 0.286 e. The van der Waals surface area contributed by atoms with Crippen molar-refractivity contribution in [2.75, 3.05) is 18.4 Å². The molecule has 1 amide bonds. The van der Waals surface area contributed by atoms with Crippen molar-refractivity contribution in [3.05, 3.63) is 42.5 Å². The van der Waals surface area contributed by atoms with Crippen LogP contribution >= 0.6 is 0 Å². The minimum atomic E-state index is -3.72. The summed E-state index contributed by atoms with van der Waals surface area (Å²) in [6.07, 6.45) is 5.88. The highest BCUT2D eigenvalue weighted by Crippen LogP contribution is 2.30. The molecule has 4 rings (SSSR count). The van der Waals surface area contributed by atoms with Gasteiger partial charge < -0.3 is 14.8 Å². The van der Waals surface area contributed by atoms with Crippen LogP contribution in [0.3, 0.4) is 0 Å². The molecule has 2 aliphatic rings. The van der Waals surface area contributed by atoms with E-state index in [1.54, 1.807) is 35.4 Å². The Kier molecular flexibility index (Phi) is 4.92. The average Bonchev–Trinajstić information content (AvgIpc) is 3.14. The molecule has 0 aliphatic carbocycles. The highest BCUT2D eigenvalue weighted by molar-refractivity contribution is 7.90. The number of hydrogen-bond donors (Lipinski definition) is 1. The van der Waals surface area contributed by atoms with E-state index in [0.717, 1.165) is 25.1 Å². The number of likely N-dealkylation sites (tertiary alicyclic amines) is 1. The lowest BCUT2D eigenvalue weighted by molar-refractivity contribution is -0.133. The van der Waals surface area contributed by atoms with Gasteiger partial charge in [-0.15, -0.1) is 4.40 Å². The van der Waals surface area contributed by atoms with Crippen LogP contribution in [0.25, 0.3) is 0 Å². The Bertz CT molecular complexity index is 1030. The highest BCUT2D eigenvalue weighted by atomic mass is 32.2. The third-order valence-corrected chi connectivity index (χ3v) is 6.58. The standard InChI is InChI=1S/C19H23N5O3S/c1-2-17-20-9-11-23(17)13-18(25)24-10-5-6-14(12-24)19-21-15-7-3-4-8-16(15)28(26,27)22-19/h3-4,7-9,11,14H,2,5-6,10,12-13H2,1H3,(H,21,22)/t14-/m0/s1. The van der Waals surface area contributed by atoms with Gasteiger partial charge in [0, 0.05) is 37.8 Å². The van der Waals surface area contributed by atoms with E-state index in [0.29, 0.717) is 24.6 Å². The van der Waals surface area contributed by atoms with E-state index in [1.807, 2.05) is 17.7 Å². The average molecular weight is 401 g/mol. The zero-order valence-electron chi connectivity index (χ0n) is 15.7. The molecule has 0 bridgehead atoms. The molecular formula is C19H23N5O3S. The molecular weight excluding hydrogens is 378 g/mol. The van der Waals surface area contributed by atoms with Crippen molar-refractivity contribution >= 4 is 27.5 Å². The zero-order chi connectivity index (χ0) is 19.7. The van der Waals surface area contributed by atoms with Gasteiger partial charge in [0.2, 0.25) is 5.91 Å². The predicted octanol–water partition coefficient (Wildman–Crippen LogP) is 1.90. The van der Waals surface area contributed by atoms with E-state index in [2.05, 4.69) is 14.7 Å². The lowest BCUT2D eigenvalue weighted by Gasteiger charge is -2.34. The molecule has 0 radical (unpaired) electrons. The topological polar surface area (TPSA) is 96.7 Å². The molecule has 1 atom stereocenters. The van der Waals surface area contributed by atoms with Crippen LogP contribution in [0.1, 0.15) is 25.6 Å². The van der Waals surface area contributed by atoms with Crippen molar-refractivity contribution in [3.8, 4) is 0 Å². The molecule has 28 heavy (non-hydrogen) atoms. The second kappa shape index (κ2) is 7.38. The monoisotopic (exact) mass is 401 g/mol. The highest BCUT2D eigenvalue weighted by Gasteiger charge is 2.32. The molecule has 148 valence electrons. The summed E-state index contributed by atoms with van der Waals surface area (Å²) in [7, 11) is -3.72. The van der Waals surface area contributed by atoms with E-state index < -0.39 is 10.0 Å². The number of fused-ring (bicyclic) bond motifs is 1. The van der Waals surface area contributed by atoms with E-state index in [4.69, 9.17) is 0 Å². The zero-order valence-corrected chi connectivity index (χ0v) is 16.5. The van der Waals surface area contributed by atoms with Gasteiger partial charge >= 0.3 is 0 Å². The number of benzene rings is 1. The Balaban J connectivity index is 1.50. The Labute approximate surface area is 164 Å². The number of nitrogens with zero attached hydrogens (tertiary/aromatic N) is 4. The Morgan fingerprint density at radius 3 is 2.96 bits per heavy atom. The van der Waals surface area contributed by atoms with E-state index in [-0.39, 0.29) is 23.3 Å². The third-order valence-electron chi connectivity index (χ3n) is 5.23. The number of piperidine rings is 1. The first-order valence-electron chi connectivity index (χ1n) is 9.46. The van der Waals surface area contributed by atoms with E-state index >= 15 is 0 Å². The summed E-state index contributed by atoms with van der Waals surface area (Å²) in [6, 6.07) is 6.75. The fraction of sp³-hybridized carbons (Fsp3) is 0.421. The number of rotatable bonds is 4. The van der Waals surface area contributed by atoms with Crippen molar-refractivity contribution in [2.24, 2.45) is 10.3 Å². The first-order chi connectivity index (χ1) is 13.5. The molecule has 1 N–H and O–H groups in total. The van der Waals surface area contributed by atoms with Crippen LogP contribution in [-0.2, 0) is 27.8 Å². The van der Waals surface area contributed by atoms with Gasteiger partial charge in [0.05, 0.1) is 5.69 Å². The smallest absolute Gasteiger partial charge is 0.286 e. The number of imidazole rings is 1. The molecule has 0 spiro atoms. The van der Waals surface area contributed by atoms with Crippen molar-refractivity contribution in [3.63, 3.8) is 0 Å². The van der Waals surface area contributed by atoms with Gasteiger partial charge in [0.1, 0.15) is 23.1 Å². The molecule has 1 saturated heterocycles. The van der Waals surface area contributed by atoms with Crippen LogP contribution in [0.2, 0.25) is 0 Å². The molecule has 9 heteroatoms. The van der Waals surface area contributed by atoms with Gasteiger partial charge in [-0.1, -0.05) is 19.1 Å². The van der Waals surface area contributed by atoms with E-state index in [9.17, 15) is 13.2 Å². The summed E-state index contributed by atoms with van der Waals surface area (Å²) in [5, 5.41) is 3.16. The Morgan fingerprint density at radius 1 is 1.32 bits per heavy atom. The van der Waals surface area contributed by atoms with Crippen LogP contribution in [0.4, 0.5) is 5.69 Å². The number of nitrogens with one attached hydrogen (secondary N) is 1. The predicted molar refractivity (Wildman–Crippen MR) is 106 cm³/mol. The maximum absolute atomic E-state index is 12.8. The number of aryl methyl sites for hydroxylation is 1. The molecule has 0 unspecified atom stereocenters. The number of anilines is 1. The molecule has 2 aliphatic heterocycles. The molecule has 3 heterocycles. The van der Waals surface area contributed by atoms with Gasteiger partial charge in [-0.3, -0.25) is 4.79 Å². The number of amidine groups is 1. The van der Waals surface area contributed by atoms with Crippen molar-refractivity contribution in [1.82, 2.24) is 14.5 Å². The summed E-state index contributed by atoms with van der Waals surface area (Å²) in [6.45, 7) is 3.38. The summed E-state index contributed by atoms with van der Waals surface area (Å²) in [5.41, 5.74) is 0.543. The normalized spacial score (nSPS) is 20.8. The summed E-state index contributed by atoms with van der Waals surface area (Å²) < 4.78 is 30.9. The molecule has 0 saturated carbocycles. The molecule has 1 aromatic heterocycles. The number of carbonyl (C=O) groups is 1. The fourth-order valence-corrected chi connectivity index (χ4v) is 4.98. The number of hydrogen-bond acceptors (Lipinski definition) is 5. The van der Waals surface area contributed by atoms with Gasteiger partial charge in [0.25, 0.3) is 10.0 Å². The number of para-hydroxylation sites is 1.